The van der Waals surface area contributed by atoms with Gasteiger partial charge in [0.1, 0.15) is 0 Å². The molecule has 0 aromatic heterocycles. The SMILES string of the molecule is C=C/C=C/C=C/C=C/C=C/C=C/C=C/C=C/CCCC. The van der Waals surface area contributed by atoms with Crippen molar-refractivity contribution in [3.63, 3.8) is 0 Å². The molecule has 0 heterocycles. The lowest BCUT2D eigenvalue weighted by Crippen LogP contribution is -1.64. The minimum absolute atomic E-state index is 1.17. The van der Waals surface area contributed by atoms with Gasteiger partial charge in [-0.05, 0) is 6.42 Å². The standard InChI is InChI=1S/C20H26/c1-3-5-7-9-11-13-15-17-19-20-18-16-14-12-10-8-6-4-2/h3,5,7,9-20H,1,4,6,8H2,2H3/b7-5+,11-9+,12-10+,15-13+,16-14+,19-17+,20-18+. The second-order valence-corrected chi connectivity index (χ2v) is 4.12. The van der Waals surface area contributed by atoms with Gasteiger partial charge in [0.25, 0.3) is 0 Å². The largest absolute Gasteiger partial charge is 0.0991 e. The third-order valence-electron chi connectivity index (χ3n) is 2.33. The van der Waals surface area contributed by atoms with E-state index in [0.29, 0.717) is 0 Å². The van der Waals surface area contributed by atoms with Crippen LogP contribution in [0.4, 0.5) is 0 Å². The van der Waals surface area contributed by atoms with Crippen LogP contribution in [-0.4, -0.2) is 0 Å². The van der Waals surface area contributed by atoms with Crippen LogP contribution in [0.25, 0.3) is 0 Å². The summed E-state index contributed by atoms with van der Waals surface area (Å²) in [5.74, 6) is 0. The normalized spacial score (nSPS) is 13.7. The van der Waals surface area contributed by atoms with E-state index >= 15 is 0 Å². The second-order valence-electron chi connectivity index (χ2n) is 4.12. The van der Waals surface area contributed by atoms with E-state index in [0.717, 1.165) is 0 Å². The highest BCUT2D eigenvalue weighted by Gasteiger charge is 1.74. The number of hydrogen-bond donors (Lipinski definition) is 0. The summed E-state index contributed by atoms with van der Waals surface area (Å²) in [7, 11) is 0. The zero-order valence-corrected chi connectivity index (χ0v) is 12.5. The summed E-state index contributed by atoms with van der Waals surface area (Å²) in [4.78, 5) is 0. The topological polar surface area (TPSA) is 0 Å². The fourth-order valence-corrected chi connectivity index (χ4v) is 1.28. The van der Waals surface area contributed by atoms with Crippen LogP contribution in [0.3, 0.4) is 0 Å². The fourth-order valence-electron chi connectivity index (χ4n) is 1.28. The molecular weight excluding hydrogens is 240 g/mol. The molecule has 106 valence electrons. The number of allylic oxidation sites excluding steroid dienone is 15. The maximum Gasteiger partial charge on any atom is -0.0348 e. The number of unbranched alkanes of at least 4 members (excludes halogenated alkanes) is 2. The van der Waals surface area contributed by atoms with Gasteiger partial charge in [-0.15, -0.1) is 0 Å². The molecule has 0 aliphatic heterocycles. The zero-order chi connectivity index (χ0) is 14.7. The predicted molar refractivity (Wildman–Crippen MR) is 93.7 cm³/mol. The van der Waals surface area contributed by atoms with Gasteiger partial charge < -0.3 is 0 Å². The monoisotopic (exact) mass is 266 g/mol. The number of rotatable bonds is 10. The van der Waals surface area contributed by atoms with E-state index in [1.807, 2.05) is 66.8 Å². The Morgan fingerprint density at radius 1 is 0.600 bits per heavy atom. The molecule has 0 saturated carbocycles. The van der Waals surface area contributed by atoms with Crippen molar-refractivity contribution in [1.29, 1.82) is 0 Å². The molecule has 0 aromatic carbocycles. The number of hydrogen-bond acceptors (Lipinski definition) is 0. The van der Waals surface area contributed by atoms with Gasteiger partial charge >= 0.3 is 0 Å². The lowest BCUT2D eigenvalue weighted by Gasteiger charge is -1.84. The first-order valence-corrected chi connectivity index (χ1v) is 7.19. The van der Waals surface area contributed by atoms with Crippen molar-refractivity contribution in [1.82, 2.24) is 0 Å². The quantitative estimate of drug-likeness (QED) is 0.323. The van der Waals surface area contributed by atoms with Crippen molar-refractivity contribution < 1.29 is 0 Å². The molecule has 0 atom stereocenters. The summed E-state index contributed by atoms with van der Waals surface area (Å²) in [6.07, 6.45) is 33.7. The summed E-state index contributed by atoms with van der Waals surface area (Å²) >= 11 is 0. The van der Waals surface area contributed by atoms with E-state index in [1.165, 1.54) is 19.3 Å². The Morgan fingerprint density at radius 3 is 1.40 bits per heavy atom. The van der Waals surface area contributed by atoms with Gasteiger partial charge in [0.2, 0.25) is 0 Å². The Labute approximate surface area is 124 Å². The molecule has 0 rings (SSSR count). The van der Waals surface area contributed by atoms with Crippen molar-refractivity contribution >= 4 is 0 Å². The van der Waals surface area contributed by atoms with Crippen LogP contribution in [0.15, 0.2) is 97.7 Å². The van der Waals surface area contributed by atoms with E-state index in [4.69, 9.17) is 0 Å². The van der Waals surface area contributed by atoms with Crippen LogP contribution < -0.4 is 0 Å². The average Bonchev–Trinajstić information content (AvgIpc) is 2.47. The van der Waals surface area contributed by atoms with Crippen molar-refractivity contribution in [2.75, 3.05) is 0 Å². The van der Waals surface area contributed by atoms with E-state index in [1.54, 1.807) is 6.08 Å². The third kappa shape index (κ3) is 15.9. The molecule has 0 aromatic rings. The van der Waals surface area contributed by atoms with Crippen LogP contribution in [0.1, 0.15) is 26.2 Å². The molecule has 0 aliphatic rings. The summed E-state index contributed by atoms with van der Waals surface area (Å²) in [6.45, 7) is 5.81. The zero-order valence-electron chi connectivity index (χ0n) is 12.5. The van der Waals surface area contributed by atoms with Gasteiger partial charge in [-0.25, -0.2) is 0 Å². The first-order valence-electron chi connectivity index (χ1n) is 7.19. The summed E-state index contributed by atoms with van der Waals surface area (Å²) in [6, 6.07) is 0. The van der Waals surface area contributed by atoms with Gasteiger partial charge in [0.05, 0.1) is 0 Å². The Balaban J connectivity index is 3.75. The van der Waals surface area contributed by atoms with Crippen molar-refractivity contribution in [3.05, 3.63) is 97.7 Å². The third-order valence-corrected chi connectivity index (χ3v) is 2.33. The Hall–Kier alpha value is -2.08. The first-order chi connectivity index (χ1) is 9.91. The first kappa shape index (κ1) is 17.9. The van der Waals surface area contributed by atoms with Gasteiger partial charge in [-0.2, -0.15) is 0 Å². The molecule has 0 bridgehead atoms. The Bertz CT molecular complexity index is 409. The fraction of sp³-hybridized carbons (Fsp3) is 0.200. The van der Waals surface area contributed by atoms with Crippen LogP contribution in [-0.2, 0) is 0 Å². The molecule has 20 heavy (non-hydrogen) atoms. The molecule has 0 saturated heterocycles. The smallest absolute Gasteiger partial charge is 0.0348 e. The molecule has 0 heteroatoms. The second kappa shape index (κ2) is 16.9. The minimum Gasteiger partial charge on any atom is -0.0991 e. The van der Waals surface area contributed by atoms with Gasteiger partial charge in [-0.1, -0.05) is 117 Å². The van der Waals surface area contributed by atoms with Crippen LogP contribution in [0.5, 0.6) is 0 Å². The highest BCUT2D eigenvalue weighted by Crippen LogP contribution is 1.94. The minimum atomic E-state index is 1.17. The van der Waals surface area contributed by atoms with Crippen molar-refractivity contribution in [2.45, 2.75) is 26.2 Å². The summed E-state index contributed by atoms with van der Waals surface area (Å²) < 4.78 is 0. The van der Waals surface area contributed by atoms with Crippen molar-refractivity contribution in [3.8, 4) is 0 Å². The van der Waals surface area contributed by atoms with E-state index in [2.05, 4.69) is 31.7 Å². The highest BCUT2D eigenvalue weighted by molar-refractivity contribution is 5.21. The molecule has 0 fully saturated rings. The lowest BCUT2D eigenvalue weighted by molar-refractivity contribution is 0.815. The van der Waals surface area contributed by atoms with E-state index in [-0.39, 0.29) is 0 Å². The predicted octanol–water partition coefficient (Wildman–Crippen LogP) is 6.26. The van der Waals surface area contributed by atoms with Crippen molar-refractivity contribution in [2.24, 2.45) is 0 Å². The maximum atomic E-state index is 3.60. The Morgan fingerprint density at radius 2 is 1.00 bits per heavy atom. The van der Waals surface area contributed by atoms with Crippen LogP contribution in [0.2, 0.25) is 0 Å². The molecule has 0 unspecified atom stereocenters. The van der Waals surface area contributed by atoms with Gasteiger partial charge in [0.15, 0.2) is 0 Å². The van der Waals surface area contributed by atoms with E-state index < -0.39 is 0 Å². The molecule has 0 nitrogen and oxygen atoms in total. The maximum absolute atomic E-state index is 3.60. The molecule has 0 radical (unpaired) electrons. The van der Waals surface area contributed by atoms with Gasteiger partial charge in [-0.3, -0.25) is 0 Å². The average molecular weight is 266 g/mol. The summed E-state index contributed by atoms with van der Waals surface area (Å²) in [5.41, 5.74) is 0. The van der Waals surface area contributed by atoms with Crippen LogP contribution in [0, 0.1) is 0 Å². The lowest BCUT2D eigenvalue weighted by atomic mass is 10.2. The molecule has 0 amide bonds. The van der Waals surface area contributed by atoms with Gasteiger partial charge in [0, 0.05) is 0 Å². The highest BCUT2D eigenvalue weighted by atomic mass is 13.8. The molecule has 0 N–H and O–H groups in total. The summed E-state index contributed by atoms with van der Waals surface area (Å²) in [5, 5.41) is 0. The molecule has 0 spiro atoms. The molecule has 0 aliphatic carbocycles. The Kier molecular flexibility index (Phi) is 15.2. The molecular formula is C20H26. The van der Waals surface area contributed by atoms with Crippen LogP contribution >= 0.6 is 0 Å². The van der Waals surface area contributed by atoms with E-state index in [9.17, 15) is 0 Å².